The molecule has 0 atom stereocenters. The lowest BCUT2D eigenvalue weighted by molar-refractivity contribution is -0.0493. The van der Waals surface area contributed by atoms with Gasteiger partial charge in [-0.25, -0.2) is 0 Å². The Hall–Kier alpha value is -3.52. The molecule has 8 heteroatoms. The molecule has 0 aliphatic carbocycles. The van der Waals surface area contributed by atoms with E-state index in [4.69, 9.17) is 12.2 Å². The summed E-state index contributed by atoms with van der Waals surface area (Å²) in [6.07, 6.45) is 3.49. The number of hydrogen-bond donors (Lipinski definition) is 2. The van der Waals surface area contributed by atoms with Crippen LogP contribution in [0.2, 0.25) is 0 Å². The number of nitrogens with one attached hydrogen (secondary N) is 2. The largest absolute Gasteiger partial charge is 0.433 e. The van der Waals surface area contributed by atoms with E-state index >= 15 is 0 Å². The van der Waals surface area contributed by atoms with E-state index in [0.717, 1.165) is 11.1 Å². The lowest BCUT2D eigenvalue weighted by atomic mass is 10.0. The van der Waals surface area contributed by atoms with Crippen molar-refractivity contribution in [3.8, 4) is 5.75 Å². The number of hydrogen-bond acceptors (Lipinski definition) is 3. The van der Waals surface area contributed by atoms with E-state index < -0.39 is 6.61 Å². The van der Waals surface area contributed by atoms with E-state index in [0.29, 0.717) is 17.9 Å². The van der Waals surface area contributed by atoms with Gasteiger partial charge in [0.15, 0.2) is 5.11 Å². The first-order valence-corrected chi connectivity index (χ1v) is 10.0. The predicted molar refractivity (Wildman–Crippen MR) is 123 cm³/mol. The highest BCUT2D eigenvalue weighted by molar-refractivity contribution is 7.80. The van der Waals surface area contributed by atoms with Crippen LogP contribution >= 0.6 is 12.2 Å². The first kappa shape index (κ1) is 20.7. The van der Waals surface area contributed by atoms with Crippen molar-refractivity contribution < 1.29 is 13.5 Å². The monoisotopic (exact) mass is 438 g/mol. The van der Waals surface area contributed by atoms with Crippen LogP contribution in [0, 0.1) is 6.92 Å². The third-order valence-corrected chi connectivity index (χ3v) is 4.91. The molecule has 31 heavy (non-hydrogen) atoms. The van der Waals surface area contributed by atoms with Gasteiger partial charge in [0.2, 0.25) is 0 Å². The summed E-state index contributed by atoms with van der Waals surface area (Å²) in [6, 6.07) is 19.2. The Morgan fingerprint density at radius 2 is 1.90 bits per heavy atom. The molecule has 0 bridgehead atoms. The maximum Gasteiger partial charge on any atom is 0.387 e. The minimum atomic E-state index is -2.92. The predicted octanol–water partition coefficient (Wildman–Crippen LogP) is 5.80. The van der Waals surface area contributed by atoms with Crippen molar-refractivity contribution in [2.24, 2.45) is 0 Å². The van der Waals surface area contributed by atoms with Crippen molar-refractivity contribution in [2.75, 3.05) is 10.6 Å². The van der Waals surface area contributed by atoms with E-state index in [9.17, 15) is 8.78 Å². The number of halogens is 2. The fourth-order valence-electron chi connectivity index (χ4n) is 3.34. The topological polar surface area (TPSA) is 51.1 Å². The van der Waals surface area contributed by atoms with E-state index in [1.165, 1.54) is 16.8 Å². The molecule has 4 aromatic rings. The molecule has 0 saturated carbocycles. The van der Waals surface area contributed by atoms with Crippen LogP contribution in [-0.4, -0.2) is 21.5 Å². The van der Waals surface area contributed by atoms with E-state index in [1.54, 1.807) is 18.3 Å². The molecule has 1 aromatic heterocycles. The number of thiocarbonyl (C=S) groups is 1. The second-order valence-corrected chi connectivity index (χ2v) is 7.43. The molecule has 0 amide bonds. The number of ether oxygens (including phenoxy) is 1. The van der Waals surface area contributed by atoms with Crippen LogP contribution in [0.1, 0.15) is 11.1 Å². The SMILES string of the molecule is Cc1ccc(OC(F)F)c(NC(=S)Nc2cnn(Cc3cccc4ccccc34)c2)c1. The summed E-state index contributed by atoms with van der Waals surface area (Å²) < 4.78 is 31.7. The summed E-state index contributed by atoms with van der Waals surface area (Å²) in [6.45, 7) is -0.462. The molecule has 0 aliphatic heterocycles. The first-order valence-electron chi connectivity index (χ1n) is 9.60. The molecular formula is C23H20F2N4OS. The molecule has 3 aromatic carbocycles. The van der Waals surface area contributed by atoms with Gasteiger partial charge in [0, 0.05) is 6.20 Å². The highest BCUT2D eigenvalue weighted by Gasteiger charge is 2.12. The Bertz CT molecular complexity index is 1220. The fourth-order valence-corrected chi connectivity index (χ4v) is 3.57. The number of alkyl halides is 2. The van der Waals surface area contributed by atoms with Gasteiger partial charge in [0.1, 0.15) is 5.75 Å². The maximum absolute atomic E-state index is 12.7. The zero-order chi connectivity index (χ0) is 21.8. The van der Waals surface area contributed by atoms with Crippen LogP contribution in [0.5, 0.6) is 5.75 Å². The maximum atomic E-state index is 12.7. The Labute approximate surface area is 183 Å². The Morgan fingerprint density at radius 1 is 1.10 bits per heavy atom. The van der Waals surface area contributed by atoms with Crippen LogP contribution in [0.25, 0.3) is 10.8 Å². The summed E-state index contributed by atoms with van der Waals surface area (Å²) in [7, 11) is 0. The highest BCUT2D eigenvalue weighted by atomic mass is 32.1. The molecular weight excluding hydrogens is 418 g/mol. The normalized spacial score (nSPS) is 11.0. The van der Waals surface area contributed by atoms with Gasteiger partial charge in [-0.15, -0.1) is 0 Å². The number of benzene rings is 3. The second kappa shape index (κ2) is 9.09. The van der Waals surface area contributed by atoms with Crippen LogP contribution in [0.15, 0.2) is 73.1 Å². The average Bonchev–Trinajstić information content (AvgIpc) is 3.16. The minimum absolute atomic E-state index is 0.0244. The molecule has 158 valence electrons. The molecule has 0 radical (unpaired) electrons. The third-order valence-electron chi connectivity index (χ3n) is 4.70. The van der Waals surface area contributed by atoms with Gasteiger partial charge in [-0.1, -0.05) is 48.5 Å². The Balaban J connectivity index is 1.45. The van der Waals surface area contributed by atoms with Crippen LogP contribution in [0.3, 0.4) is 0 Å². The lowest BCUT2D eigenvalue weighted by Crippen LogP contribution is -2.19. The molecule has 5 nitrogen and oxygen atoms in total. The average molecular weight is 439 g/mol. The zero-order valence-electron chi connectivity index (χ0n) is 16.7. The van der Waals surface area contributed by atoms with Crippen molar-refractivity contribution in [2.45, 2.75) is 20.1 Å². The zero-order valence-corrected chi connectivity index (χ0v) is 17.5. The molecule has 0 spiro atoms. The summed E-state index contributed by atoms with van der Waals surface area (Å²) in [5, 5.41) is 12.9. The van der Waals surface area contributed by atoms with Gasteiger partial charge >= 0.3 is 6.61 Å². The number of rotatable bonds is 6. The lowest BCUT2D eigenvalue weighted by Gasteiger charge is -2.14. The van der Waals surface area contributed by atoms with Gasteiger partial charge < -0.3 is 15.4 Å². The summed E-state index contributed by atoms with van der Waals surface area (Å²) >= 11 is 5.33. The summed E-state index contributed by atoms with van der Waals surface area (Å²) in [5.41, 5.74) is 3.08. The Kier molecular flexibility index (Phi) is 6.08. The van der Waals surface area contributed by atoms with Crippen molar-refractivity contribution >= 4 is 39.5 Å². The smallest absolute Gasteiger partial charge is 0.387 e. The van der Waals surface area contributed by atoms with E-state index in [1.807, 2.05) is 36.0 Å². The number of aromatic nitrogens is 2. The first-order chi connectivity index (χ1) is 15.0. The second-order valence-electron chi connectivity index (χ2n) is 7.02. The van der Waals surface area contributed by atoms with E-state index in [2.05, 4.69) is 44.7 Å². The van der Waals surface area contributed by atoms with Gasteiger partial charge in [-0.2, -0.15) is 13.9 Å². The van der Waals surface area contributed by atoms with E-state index in [-0.39, 0.29) is 10.9 Å². The minimum Gasteiger partial charge on any atom is -0.433 e. The van der Waals surface area contributed by atoms with Crippen molar-refractivity contribution in [1.29, 1.82) is 0 Å². The van der Waals surface area contributed by atoms with Crippen LogP contribution in [-0.2, 0) is 6.54 Å². The van der Waals surface area contributed by atoms with Gasteiger partial charge in [-0.3, -0.25) is 4.68 Å². The summed E-state index contributed by atoms with van der Waals surface area (Å²) in [5.74, 6) is 0.0244. The quantitative estimate of drug-likeness (QED) is 0.373. The highest BCUT2D eigenvalue weighted by Crippen LogP contribution is 2.27. The van der Waals surface area contributed by atoms with Gasteiger partial charge in [0.05, 0.1) is 24.1 Å². The molecule has 0 aliphatic rings. The van der Waals surface area contributed by atoms with Crippen molar-refractivity contribution in [3.63, 3.8) is 0 Å². The summed E-state index contributed by atoms with van der Waals surface area (Å²) in [4.78, 5) is 0. The fraction of sp³-hybridized carbons (Fsp3) is 0.130. The molecule has 4 rings (SSSR count). The molecule has 1 heterocycles. The number of anilines is 2. The molecule has 0 saturated heterocycles. The standard InChI is InChI=1S/C23H20F2N4OS/c1-15-9-10-21(30-22(24)25)20(11-15)28-23(31)27-18-12-26-29(14-18)13-17-7-4-6-16-5-2-3-8-19(16)17/h2-12,14,22H,13H2,1H3,(H2,27,28,31). The number of aryl methyl sites for hydroxylation is 1. The van der Waals surface area contributed by atoms with Gasteiger partial charge in [0.25, 0.3) is 0 Å². The number of fused-ring (bicyclic) bond motifs is 1. The van der Waals surface area contributed by atoms with Crippen LogP contribution < -0.4 is 15.4 Å². The Morgan fingerprint density at radius 3 is 2.74 bits per heavy atom. The number of nitrogens with zero attached hydrogens (tertiary/aromatic N) is 2. The van der Waals surface area contributed by atoms with Crippen LogP contribution in [0.4, 0.5) is 20.2 Å². The van der Waals surface area contributed by atoms with Crippen molar-refractivity contribution in [1.82, 2.24) is 9.78 Å². The molecule has 2 N–H and O–H groups in total. The molecule has 0 fully saturated rings. The molecule has 0 unspecified atom stereocenters. The van der Waals surface area contributed by atoms with Gasteiger partial charge in [-0.05, 0) is 53.2 Å². The third kappa shape index (κ3) is 5.16. The van der Waals surface area contributed by atoms with Crippen molar-refractivity contribution in [3.05, 3.63) is 84.2 Å².